The molecule has 5 rings (SSSR count). The van der Waals surface area contributed by atoms with Gasteiger partial charge in [0.1, 0.15) is 29.4 Å². The van der Waals surface area contributed by atoms with Crippen molar-refractivity contribution in [2.45, 2.75) is 58.4 Å². The van der Waals surface area contributed by atoms with Gasteiger partial charge in [-0.05, 0) is 58.1 Å². The number of morpholine rings is 1. The molecule has 0 saturated carbocycles. The van der Waals surface area contributed by atoms with E-state index in [1.807, 2.05) is 6.07 Å². The fraction of sp³-hybridized carbons (Fsp3) is 0.548. The van der Waals surface area contributed by atoms with Crippen molar-refractivity contribution in [3.8, 4) is 23.2 Å². The number of fused-ring (bicyclic) bond motifs is 1. The highest BCUT2D eigenvalue weighted by atomic mass is 19.4. The number of rotatable bonds is 7. The monoisotopic (exact) mass is 643 g/mol. The van der Waals surface area contributed by atoms with Gasteiger partial charge in [-0.15, -0.1) is 0 Å². The average Bonchev–Trinajstić information content (AvgIpc) is 3.42. The Morgan fingerprint density at radius 2 is 1.80 bits per heavy atom. The van der Waals surface area contributed by atoms with E-state index in [0.29, 0.717) is 64.0 Å². The van der Waals surface area contributed by atoms with Crippen LogP contribution in [0.4, 0.5) is 18.0 Å². The lowest BCUT2D eigenvalue weighted by Crippen LogP contribution is -2.42. The second-order valence-corrected chi connectivity index (χ2v) is 12.3. The summed E-state index contributed by atoms with van der Waals surface area (Å²) in [6.45, 7) is 8.14. The van der Waals surface area contributed by atoms with Gasteiger partial charge in [-0.2, -0.15) is 18.4 Å². The Kier molecular flexibility index (Phi) is 9.66. The van der Waals surface area contributed by atoms with E-state index in [1.165, 1.54) is 6.20 Å². The second kappa shape index (κ2) is 13.5. The molecule has 5 heterocycles. The maximum Gasteiger partial charge on any atom is 0.421 e. The van der Waals surface area contributed by atoms with Crippen LogP contribution in [0.5, 0.6) is 5.88 Å². The number of amides is 2. The van der Waals surface area contributed by atoms with Gasteiger partial charge in [0.15, 0.2) is 0 Å². The van der Waals surface area contributed by atoms with Crippen LogP contribution in [-0.2, 0) is 27.0 Å². The minimum atomic E-state index is -4.78. The van der Waals surface area contributed by atoms with Crippen molar-refractivity contribution in [2.75, 3.05) is 46.0 Å². The third-order valence-corrected chi connectivity index (χ3v) is 7.85. The Balaban J connectivity index is 1.30. The summed E-state index contributed by atoms with van der Waals surface area (Å²) >= 11 is 0. The molecule has 0 aromatic carbocycles. The van der Waals surface area contributed by atoms with Crippen molar-refractivity contribution >= 4 is 23.0 Å². The molecule has 0 aliphatic carbocycles. The molecule has 3 aromatic heterocycles. The molecule has 2 amide bonds. The van der Waals surface area contributed by atoms with E-state index >= 15 is 0 Å². The van der Waals surface area contributed by atoms with Gasteiger partial charge in [0.25, 0.3) is 0 Å². The summed E-state index contributed by atoms with van der Waals surface area (Å²) in [5, 5.41) is 9.96. The van der Waals surface area contributed by atoms with E-state index in [0.717, 1.165) is 6.07 Å². The van der Waals surface area contributed by atoms with Crippen LogP contribution in [0.1, 0.15) is 51.4 Å². The van der Waals surface area contributed by atoms with Crippen LogP contribution in [0, 0.1) is 17.2 Å². The molecule has 12 nitrogen and oxygen atoms in total. The summed E-state index contributed by atoms with van der Waals surface area (Å²) in [7, 11) is 0. The third-order valence-electron chi connectivity index (χ3n) is 7.85. The molecule has 246 valence electrons. The largest absolute Gasteiger partial charge is 0.477 e. The maximum atomic E-state index is 14.2. The van der Waals surface area contributed by atoms with Crippen molar-refractivity contribution < 1.29 is 37.0 Å². The topological polar surface area (TPSA) is 136 Å². The van der Waals surface area contributed by atoms with E-state index in [2.05, 4.69) is 15.0 Å². The molecule has 0 spiro atoms. The number of pyridine rings is 1. The first-order valence-electron chi connectivity index (χ1n) is 15.1. The number of aromatic nitrogens is 4. The SMILES string of the molecule is CC(C)(C)OC(=O)N1CCC(CCOc2ncc(-c3nc(C#N)nc4c3ccn4CC(=O)N3CCOCC3)cc2C(F)(F)F)CC1. The predicted molar refractivity (Wildman–Crippen MR) is 159 cm³/mol. The van der Waals surface area contributed by atoms with Crippen LogP contribution in [0.3, 0.4) is 0 Å². The van der Waals surface area contributed by atoms with Crippen LogP contribution < -0.4 is 4.74 Å². The van der Waals surface area contributed by atoms with E-state index in [9.17, 15) is 28.0 Å². The highest BCUT2D eigenvalue weighted by molar-refractivity contribution is 5.92. The lowest BCUT2D eigenvalue weighted by molar-refractivity contribution is -0.139. The number of likely N-dealkylation sites (tertiary alicyclic amines) is 1. The number of ether oxygens (including phenoxy) is 3. The van der Waals surface area contributed by atoms with Crippen molar-refractivity contribution in [2.24, 2.45) is 5.92 Å². The van der Waals surface area contributed by atoms with Crippen molar-refractivity contribution in [3.05, 3.63) is 35.9 Å². The molecule has 0 unspecified atom stereocenters. The third kappa shape index (κ3) is 7.85. The first-order chi connectivity index (χ1) is 21.8. The zero-order chi connectivity index (χ0) is 33.1. The molecule has 2 aliphatic rings. The highest BCUT2D eigenvalue weighted by Gasteiger charge is 2.36. The number of nitrogens with zero attached hydrogens (tertiary/aromatic N) is 7. The molecule has 46 heavy (non-hydrogen) atoms. The fourth-order valence-electron chi connectivity index (χ4n) is 5.47. The molecule has 3 aromatic rings. The zero-order valence-electron chi connectivity index (χ0n) is 26.0. The van der Waals surface area contributed by atoms with Crippen LogP contribution in [0.15, 0.2) is 24.5 Å². The maximum absolute atomic E-state index is 14.2. The Hall–Kier alpha value is -4.45. The van der Waals surface area contributed by atoms with E-state index in [4.69, 9.17) is 14.2 Å². The van der Waals surface area contributed by atoms with Crippen LogP contribution >= 0.6 is 0 Å². The molecular formula is C31H36F3N7O5. The van der Waals surface area contributed by atoms with Crippen LogP contribution in [-0.4, -0.2) is 92.9 Å². The van der Waals surface area contributed by atoms with Gasteiger partial charge in [0.05, 0.1) is 25.5 Å². The van der Waals surface area contributed by atoms with Crippen molar-refractivity contribution in [3.63, 3.8) is 0 Å². The summed E-state index contributed by atoms with van der Waals surface area (Å²) in [4.78, 5) is 40.9. The number of hydrogen-bond donors (Lipinski definition) is 0. The van der Waals surface area contributed by atoms with Gasteiger partial charge in [-0.3, -0.25) is 4.79 Å². The van der Waals surface area contributed by atoms with E-state index in [-0.39, 0.29) is 53.8 Å². The Bertz CT molecular complexity index is 1620. The molecule has 2 fully saturated rings. The fourth-order valence-corrected chi connectivity index (χ4v) is 5.47. The summed E-state index contributed by atoms with van der Waals surface area (Å²) in [6.07, 6.45) is -0.468. The standard InChI is InChI=1S/C31H36F3N7O5/c1-30(2,3)46-29(43)40-8-4-20(5-9-40)7-13-45-28-23(31(32,33)34)16-21(18-36-28)26-22-6-10-41(27(22)38-24(17-35)37-26)19-25(42)39-11-14-44-15-12-39/h6,10,16,18,20H,4-5,7-9,11-15,19H2,1-3H3. The molecule has 2 aliphatic heterocycles. The Labute approximate surface area is 264 Å². The minimum Gasteiger partial charge on any atom is -0.477 e. The van der Waals surface area contributed by atoms with Gasteiger partial charge < -0.3 is 28.6 Å². The lowest BCUT2D eigenvalue weighted by Gasteiger charge is -2.33. The van der Waals surface area contributed by atoms with Crippen LogP contribution in [0.2, 0.25) is 0 Å². The van der Waals surface area contributed by atoms with Crippen LogP contribution in [0.25, 0.3) is 22.3 Å². The van der Waals surface area contributed by atoms with Gasteiger partial charge in [-0.25, -0.2) is 19.7 Å². The number of carbonyl (C=O) groups excluding carboxylic acids is 2. The molecular weight excluding hydrogens is 607 g/mol. The Morgan fingerprint density at radius 1 is 1.09 bits per heavy atom. The quantitative estimate of drug-likeness (QED) is 0.360. The predicted octanol–water partition coefficient (Wildman–Crippen LogP) is 4.66. The van der Waals surface area contributed by atoms with Gasteiger partial charge in [0, 0.05) is 49.5 Å². The molecule has 0 bridgehead atoms. The summed E-state index contributed by atoms with van der Waals surface area (Å²) in [5.41, 5.74) is -1.31. The molecule has 0 radical (unpaired) electrons. The number of piperidine rings is 1. The smallest absolute Gasteiger partial charge is 0.421 e. The Morgan fingerprint density at radius 3 is 2.46 bits per heavy atom. The first kappa shape index (κ1) is 32.9. The van der Waals surface area contributed by atoms with Gasteiger partial charge in [0.2, 0.25) is 17.6 Å². The normalized spacial score (nSPS) is 16.4. The summed E-state index contributed by atoms with van der Waals surface area (Å²) < 4.78 is 60.5. The molecule has 0 N–H and O–H groups in total. The van der Waals surface area contributed by atoms with Gasteiger partial charge in [-0.1, -0.05) is 0 Å². The number of halogens is 3. The molecule has 2 saturated heterocycles. The first-order valence-corrected chi connectivity index (χ1v) is 15.1. The number of nitriles is 1. The number of hydrogen-bond acceptors (Lipinski definition) is 9. The molecule has 15 heteroatoms. The summed E-state index contributed by atoms with van der Waals surface area (Å²) in [6, 6.07) is 4.36. The lowest BCUT2D eigenvalue weighted by atomic mass is 9.94. The van der Waals surface area contributed by atoms with Crippen molar-refractivity contribution in [1.82, 2.24) is 29.3 Å². The van der Waals surface area contributed by atoms with E-state index < -0.39 is 23.2 Å². The zero-order valence-corrected chi connectivity index (χ0v) is 26.0. The molecule has 0 atom stereocenters. The number of carbonyl (C=O) groups is 2. The summed E-state index contributed by atoms with van der Waals surface area (Å²) in [5.74, 6) is -0.810. The van der Waals surface area contributed by atoms with Crippen molar-refractivity contribution in [1.29, 1.82) is 5.26 Å². The second-order valence-electron chi connectivity index (χ2n) is 12.3. The highest BCUT2D eigenvalue weighted by Crippen LogP contribution is 2.38. The van der Waals surface area contributed by atoms with E-state index in [1.54, 1.807) is 47.4 Å². The average molecular weight is 644 g/mol. The van der Waals surface area contributed by atoms with Gasteiger partial charge >= 0.3 is 12.3 Å². The minimum absolute atomic E-state index is 0.0168. The number of alkyl halides is 3.